The second kappa shape index (κ2) is 4.76. The number of furan rings is 1. The number of halogens is 1. The van der Waals surface area contributed by atoms with Gasteiger partial charge >= 0.3 is 0 Å². The first-order chi connectivity index (χ1) is 9.54. The van der Waals surface area contributed by atoms with E-state index in [1.54, 1.807) is 6.07 Å². The fraction of sp³-hybridized carbons (Fsp3) is 0.267. The normalized spacial score (nSPS) is 18.8. The molecule has 5 heteroatoms. The molecule has 3 rings (SSSR count). The highest BCUT2D eigenvalue weighted by Crippen LogP contribution is 2.33. The highest BCUT2D eigenvalue weighted by Gasteiger charge is 2.32. The number of carbonyl (C=O) groups is 1. The fourth-order valence-electron chi connectivity index (χ4n) is 2.42. The number of hydrogen-bond donors (Lipinski definition) is 2. The molecule has 2 atom stereocenters. The molecule has 1 amide bonds. The van der Waals surface area contributed by atoms with Crippen molar-refractivity contribution in [3.8, 4) is 0 Å². The third kappa shape index (κ3) is 2.20. The summed E-state index contributed by atoms with van der Waals surface area (Å²) >= 11 is 0. The van der Waals surface area contributed by atoms with E-state index in [-0.39, 0.29) is 17.8 Å². The fourth-order valence-corrected chi connectivity index (χ4v) is 2.42. The minimum atomic E-state index is -0.568. The van der Waals surface area contributed by atoms with Crippen molar-refractivity contribution in [3.05, 3.63) is 53.2 Å². The van der Waals surface area contributed by atoms with Crippen LogP contribution < -0.4 is 10.6 Å². The van der Waals surface area contributed by atoms with Gasteiger partial charge in [-0.3, -0.25) is 10.1 Å². The zero-order valence-corrected chi connectivity index (χ0v) is 11.2. The molecule has 2 unspecified atom stereocenters. The summed E-state index contributed by atoms with van der Waals surface area (Å²) in [5, 5.41) is 5.91. The lowest BCUT2D eigenvalue weighted by molar-refractivity contribution is -0.117. The van der Waals surface area contributed by atoms with Gasteiger partial charge in [0.1, 0.15) is 23.4 Å². The average Bonchev–Trinajstić information content (AvgIpc) is 2.95. The number of rotatable bonds is 3. The number of hydrogen-bond acceptors (Lipinski definition) is 3. The molecule has 2 aromatic rings. The Morgan fingerprint density at radius 3 is 2.85 bits per heavy atom. The Bertz CT molecular complexity index is 666. The highest BCUT2D eigenvalue weighted by molar-refractivity contribution is 6.02. The lowest BCUT2D eigenvalue weighted by Crippen LogP contribution is -2.29. The van der Waals surface area contributed by atoms with Gasteiger partial charge in [-0.25, -0.2) is 4.39 Å². The summed E-state index contributed by atoms with van der Waals surface area (Å²) in [5.41, 5.74) is 1.28. The monoisotopic (exact) mass is 274 g/mol. The summed E-state index contributed by atoms with van der Waals surface area (Å²) in [4.78, 5) is 12.0. The summed E-state index contributed by atoms with van der Waals surface area (Å²) in [6, 6.07) is 7.31. The molecule has 1 aromatic carbocycles. The van der Waals surface area contributed by atoms with E-state index < -0.39 is 6.04 Å². The summed E-state index contributed by atoms with van der Waals surface area (Å²) in [7, 11) is 0. The smallest absolute Gasteiger partial charge is 0.246 e. The Kier molecular flexibility index (Phi) is 3.06. The molecule has 1 aromatic heterocycles. The average molecular weight is 274 g/mol. The van der Waals surface area contributed by atoms with Gasteiger partial charge in [0, 0.05) is 11.3 Å². The summed E-state index contributed by atoms with van der Waals surface area (Å²) in [6.45, 7) is 3.77. The van der Waals surface area contributed by atoms with Crippen molar-refractivity contribution in [1.29, 1.82) is 0 Å². The largest absolute Gasteiger partial charge is 0.465 e. The number of fused-ring (bicyclic) bond motifs is 1. The van der Waals surface area contributed by atoms with Crippen molar-refractivity contribution in [2.75, 3.05) is 5.32 Å². The Morgan fingerprint density at radius 1 is 1.35 bits per heavy atom. The lowest BCUT2D eigenvalue weighted by atomic mass is 10.1. The van der Waals surface area contributed by atoms with Crippen molar-refractivity contribution in [3.63, 3.8) is 0 Å². The van der Waals surface area contributed by atoms with Crippen LogP contribution in [0.5, 0.6) is 0 Å². The second-order valence-corrected chi connectivity index (χ2v) is 4.99. The first kappa shape index (κ1) is 12.9. The van der Waals surface area contributed by atoms with E-state index >= 15 is 0 Å². The zero-order valence-electron chi connectivity index (χ0n) is 11.2. The second-order valence-electron chi connectivity index (χ2n) is 4.99. The van der Waals surface area contributed by atoms with E-state index in [0.29, 0.717) is 11.3 Å². The van der Waals surface area contributed by atoms with Gasteiger partial charge in [0.15, 0.2) is 0 Å². The van der Waals surface area contributed by atoms with Crippen LogP contribution in [0.1, 0.15) is 36.1 Å². The molecule has 0 spiro atoms. The van der Waals surface area contributed by atoms with Crippen LogP contribution in [0.2, 0.25) is 0 Å². The highest BCUT2D eigenvalue weighted by atomic mass is 19.1. The van der Waals surface area contributed by atoms with Crippen LogP contribution in [0, 0.1) is 12.7 Å². The third-order valence-corrected chi connectivity index (χ3v) is 3.45. The van der Waals surface area contributed by atoms with Crippen LogP contribution in [-0.4, -0.2) is 5.91 Å². The van der Waals surface area contributed by atoms with Gasteiger partial charge in [-0.2, -0.15) is 0 Å². The SMILES string of the molecule is Cc1ccc(C(C)NC2C(=O)Nc3ccc(F)cc32)o1. The number of benzene rings is 1. The topological polar surface area (TPSA) is 54.3 Å². The van der Waals surface area contributed by atoms with Crippen molar-refractivity contribution in [2.24, 2.45) is 0 Å². The Balaban J connectivity index is 1.85. The Labute approximate surface area is 116 Å². The number of amides is 1. The van der Waals surface area contributed by atoms with Crippen molar-refractivity contribution >= 4 is 11.6 Å². The molecule has 2 N–H and O–H groups in total. The van der Waals surface area contributed by atoms with Gasteiger partial charge in [0.25, 0.3) is 0 Å². The van der Waals surface area contributed by atoms with Crippen LogP contribution in [0.15, 0.2) is 34.7 Å². The molecule has 1 aliphatic rings. The van der Waals surface area contributed by atoms with E-state index in [1.807, 2.05) is 26.0 Å². The maximum atomic E-state index is 13.3. The van der Waals surface area contributed by atoms with Crippen molar-refractivity contribution < 1.29 is 13.6 Å². The minimum absolute atomic E-state index is 0.145. The Hall–Kier alpha value is -2.14. The molecule has 0 bridgehead atoms. The molecule has 0 saturated heterocycles. The minimum Gasteiger partial charge on any atom is -0.465 e. The maximum absolute atomic E-state index is 13.3. The van der Waals surface area contributed by atoms with Crippen LogP contribution in [0.25, 0.3) is 0 Å². The van der Waals surface area contributed by atoms with E-state index in [1.165, 1.54) is 12.1 Å². The van der Waals surface area contributed by atoms with E-state index in [9.17, 15) is 9.18 Å². The van der Waals surface area contributed by atoms with Gasteiger partial charge in [-0.15, -0.1) is 0 Å². The molecule has 1 aliphatic heterocycles. The molecule has 0 fully saturated rings. The van der Waals surface area contributed by atoms with E-state index in [4.69, 9.17) is 4.42 Å². The van der Waals surface area contributed by atoms with Crippen LogP contribution in [0.4, 0.5) is 10.1 Å². The van der Waals surface area contributed by atoms with Crippen molar-refractivity contribution in [1.82, 2.24) is 5.32 Å². The molecule has 0 saturated carbocycles. The Morgan fingerprint density at radius 2 is 2.15 bits per heavy atom. The predicted molar refractivity (Wildman–Crippen MR) is 72.8 cm³/mol. The van der Waals surface area contributed by atoms with E-state index in [2.05, 4.69) is 10.6 Å². The number of nitrogens with one attached hydrogen (secondary N) is 2. The zero-order chi connectivity index (χ0) is 14.3. The number of carbonyl (C=O) groups excluding carboxylic acids is 1. The van der Waals surface area contributed by atoms with Gasteiger partial charge < -0.3 is 9.73 Å². The van der Waals surface area contributed by atoms with Crippen LogP contribution >= 0.6 is 0 Å². The quantitative estimate of drug-likeness (QED) is 0.904. The first-order valence-electron chi connectivity index (χ1n) is 6.47. The molecule has 2 heterocycles. The molecule has 0 radical (unpaired) electrons. The molecule has 0 aliphatic carbocycles. The first-order valence-corrected chi connectivity index (χ1v) is 6.47. The van der Waals surface area contributed by atoms with E-state index in [0.717, 1.165) is 11.5 Å². The molecular formula is C15H15FN2O2. The van der Waals surface area contributed by atoms with Gasteiger partial charge in [-0.05, 0) is 44.2 Å². The summed E-state index contributed by atoms with van der Waals surface area (Å²) < 4.78 is 18.9. The molecule has 104 valence electrons. The number of anilines is 1. The predicted octanol–water partition coefficient (Wildman–Crippen LogP) is 3.07. The lowest BCUT2D eigenvalue weighted by Gasteiger charge is -2.16. The number of aryl methyl sites for hydroxylation is 1. The van der Waals surface area contributed by atoms with Gasteiger partial charge in [-0.1, -0.05) is 0 Å². The summed E-state index contributed by atoms with van der Waals surface area (Å²) in [6.07, 6.45) is 0. The molecular weight excluding hydrogens is 259 g/mol. The molecule has 4 nitrogen and oxygen atoms in total. The van der Waals surface area contributed by atoms with Crippen LogP contribution in [0.3, 0.4) is 0 Å². The van der Waals surface area contributed by atoms with Crippen molar-refractivity contribution in [2.45, 2.75) is 25.9 Å². The summed E-state index contributed by atoms with van der Waals surface area (Å²) in [5.74, 6) is 1.03. The third-order valence-electron chi connectivity index (χ3n) is 3.45. The standard InChI is InChI=1S/C15H15FN2O2/c1-8-3-6-13(20-8)9(2)17-14-11-7-10(16)4-5-12(11)18-15(14)19/h3-7,9,14,17H,1-2H3,(H,18,19). The maximum Gasteiger partial charge on any atom is 0.246 e. The van der Waals surface area contributed by atoms with Gasteiger partial charge in [0.2, 0.25) is 5.91 Å². The van der Waals surface area contributed by atoms with Gasteiger partial charge in [0.05, 0.1) is 6.04 Å². The van der Waals surface area contributed by atoms with Crippen LogP contribution in [-0.2, 0) is 4.79 Å². The molecule has 20 heavy (non-hydrogen) atoms.